The number of hydrazone groups is 1. The zero-order valence-corrected chi connectivity index (χ0v) is 14.5. The molecule has 3 aromatic carbocycles. The number of carbonyl (C=O) groups is 1. The lowest BCUT2D eigenvalue weighted by atomic mass is 10.0. The minimum atomic E-state index is -0.304. The van der Waals surface area contributed by atoms with Crippen LogP contribution >= 0.6 is 15.9 Å². The number of aromatic hydroxyl groups is 1. The Morgan fingerprint density at radius 3 is 2.50 bits per heavy atom. The molecular weight excluding hydrogens is 368 g/mol. The highest BCUT2D eigenvalue weighted by molar-refractivity contribution is 9.10. The first-order valence-electron chi connectivity index (χ1n) is 7.37. The number of nitrogens with zero attached hydrogens (tertiary/aromatic N) is 1. The molecule has 0 aliphatic carbocycles. The maximum atomic E-state index is 12.1. The van der Waals surface area contributed by atoms with Crippen molar-refractivity contribution in [1.82, 2.24) is 5.43 Å². The smallest absolute Gasteiger partial charge is 0.271 e. The third-order valence-electron chi connectivity index (χ3n) is 3.72. The molecule has 0 saturated heterocycles. The predicted octanol–water partition coefficient (Wildman–Crippen LogP) is 4.46. The summed E-state index contributed by atoms with van der Waals surface area (Å²) in [5.74, 6) is -0.144. The van der Waals surface area contributed by atoms with E-state index < -0.39 is 0 Å². The summed E-state index contributed by atoms with van der Waals surface area (Å²) in [6.45, 7) is 1.74. The van der Waals surface area contributed by atoms with Gasteiger partial charge in [-0.25, -0.2) is 5.43 Å². The van der Waals surface area contributed by atoms with Crippen molar-refractivity contribution in [3.8, 4) is 5.75 Å². The number of hydrogen-bond acceptors (Lipinski definition) is 3. The Hall–Kier alpha value is -2.66. The Morgan fingerprint density at radius 1 is 1.04 bits per heavy atom. The van der Waals surface area contributed by atoms with Gasteiger partial charge in [0.1, 0.15) is 5.75 Å². The number of fused-ring (bicyclic) bond motifs is 1. The molecule has 0 atom stereocenters. The average molecular weight is 383 g/mol. The van der Waals surface area contributed by atoms with Crippen LogP contribution in [0.1, 0.15) is 22.8 Å². The van der Waals surface area contributed by atoms with Crippen molar-refractivity contribution in [2.24, 2.45) is 5.10 Å². The van der Waals surface area contributed by atoms with Gasteiger partial charge in [0.05, 0.1) is 5.71 Å². The molecule has 0 heterocycles. The number of amides is 1. The number of nitrogens with one attached hydrogen (secondary N) is 1. The second-order valence-electron chi connectivity index (χ2n) is 5.33. The minimum absolute atomic E-state index is 0.159. The Morgan fingerprint density at radius 2 is 1.75 bits per heavy atom. The lowest BCUT2D eigenvalue weighted by Crippen LogP contribution is -2.19. The lowest BCUT2D eigenvalue weighted by molar-refractivity contribution is 0.0955. The van der Waals surface area contributed by atoms with Crippen LogP contribution in [0, 0.1) is 0 Å². The summed E-state index contributed by atoms with van der Waals surface area (Å²) in [6.07, 6.45) is 0. The molecule has 0 unspecified atom stereocenters. The molecule has 0 aliphatic rings. The molecule has 0 bridgehead atoms. The van der Waals surface area contributed by atoms with Crippen molar-refractivity contribution in [2.75, 3.05) is 0 Å². The summed E-state index contributed by atoms with van der Waals surface area (Å²) in [6, 6.07) is 18.3. The van der Waals surface area contributed by atoms with Gasteiger partial charge in [0.2, 0.25) is 0 Å². The fraction of sp³-hybridized carbons (Fsp3) is 0.0526. The first kappa shape index (κ1) is 16.2. The minimum Gasteiger partial charge on any atom is -0.507 e. The molecule has 0 saturated carbocycles. The molecule has 3 rings (SSSR count). The second-order valence-corrected chi connectivity index (χ2v) is 6.24. The van der Waals surface area contributed by atoms with Crippen molar-refractivity contribution < 1.29 is 9.90 Å². The fourth-order valence-electron chi connectivity index (χ4n) is 2.41. The summed E-state index contributed by atoms with van der Waals surface area (Å²) in [5, 5.41) is 16.2. The molecule has 120 valence electrons. The Kier molecular flexibility index (Phi) is 4.62. The SMILES string of the molecule is CC(=NNC(=O)c1ccc(Br)cc1)c1ccc2ccccc2c1O. The van der Waals surface area contributed by atoms with Crippen LogP contribution in [0.15, 0.2) is 70.2 Å². The molecular formula is C19H15BrN2O2. The topological polar surface area (TPSA) is 61.7 Å². The molecule has 5 heteroatoms. The van der Waals surface area contributed by atoms with Gasteiger partial charge in [-0.2, -0.15) is 5.10 Å². The molecule has 3 aromatic rings. The van der Waals surface area contributed by atoms with E-state index in [9.17, 15) is 9.90 Å². The molecule has 0 fully saturated rings. The highest BCUT2D eigenvalue weighted by Gasteiger charge is 2.10. The van der Waals surface area contributed by atoms with Crippen LogP contribution in [0.4, 0.5) is 0 Å². The summed E-state index contributed by atoms with van der Waals surface area (Å²) in [4.78, 5) is 12.1. The third-order valence-corrected chi connectivity index (χ3v) is 4.25. The Balaban J connectivity index is 1.84. The summed E-state index contributed by atoms with van der Waals surface area (Å²) in [5.41, 5.74) is 4.15. The molecule has 2 N–H and O–H groups in total. The number of phenolic OH excluding ortho intramolecular Hbond substituents is 1. The highest BCUT2D eigenvalue weighted by atomic mass is 79.9. The van der Waals surface area contributed by atoms with Crippen molar-refractivity contribution >= 4 is 38.3 Å². The van der Waals surface area contributed by atoms with E-state index >= 15 is 0 Å². The molecule has 1 amide bonds. The normalized spacial score (nSPS) is 11.5. The number of halogens is 1. The molecule has 0 aromatic heterocycles. The number of rotatable bonds is 3. The summed E-state index contributed by atoms with van der Waals surface area (Å²) >= 11 is 3.33. The molecule has 0 aliphatic heterocycles. The second kappa shape index (κ2) is 6.84. The van der Waals surface area contributed by atoms with E-state index in [0.717, 1.165) is 15.2 Å². The number of hydrogen-bond donors (Lipinski definition) is 2. The Bertz CT molecular complexity index is 934. The van der Waals surface area contributed by atoms with Crippen molar-refractivity contribution in [3.63, 3.8) is 0 Å². The van der Waals surface area contributed by atoms with Crippen molar-refractivity contribution in [2.45, 2.75) is 6.92 Å². The van der Waals surface area contributed by atoms with Gasteiger partial charge in [-0.15, -0.1) is 0 Å². The first-order valence-corrected chi connectivity index (χ1v) is 8.17. The van der Waals surface area contributed by atoms with Crippen LogP contribution in [0.3, 0.4) is 0 Å². The molecule has 0 radical (unpaired) electrons. The Labute approximate surface area is 148 Å². The summed E-state index contributed by atoms with van der Waals surface area (Å²) < 4.78 is 0.903. The maximum absolute atomic E-state index is 12.1. The van der Waals surface area contributed by atoms with Gasteiger partial charge in [0, 0.05) is 21.0 Å². The zero-order valence-electron chi connectivity index (χ0n) is 13.0. The largest absolute Gasteiger partial charge is 0.507 e. The van der Waals surface area contributed by atoms with Crippen LogP contribution in [-0.2, 0) is 0 Å². The lowest BCUT2D eigenvalue weighted by Gasteiger charge is -2.08. The predicted molar refractivity (Wildman–Crippen MR) is 99.4 cm³/mol. The maximum Gasteiger partial charge on any atom is 0.271 e. The fourth-order valence-corrected chi connectivity index (χ4v) is 2.67. The van der Waals surface area contributed by atoms with E-state index in [4.69, 9.17) is 0 Å². The molecule has 24 heavy (non-hydrogen) atoms. The van der Waals surface area contributed by atoms with E-state index in [1.165, 1.54) is 0 Å². The van der Waals surface area contributed by atoms with Crippen LogP contribution in [0.2, 0.25) is 0 Å². The van der Waals surface area contributed by atoms with Gasteiger partial charge in [0.25, 0.3) is 5.91 Å². The van der Waals surface area contributed by atoms with Gasteiger partial charge in [-0.1, -0.05) is 46.3 Å². The third kappa shape index (κ3) is 3.31. The van der Waals surface area contributed by atoms with E-state index in [1.54, 1.807) is 37.3 Å². The average Bonchev–Trinajstić information content (AvgIpc) is 2.60. The van der Waals surface area contributed by atoms with Crippen LogP contribution in [0.25, 0.3) is 10.8 Å². The van der Waals surface area contributed by atoms with Crippen LogP contribution < -0.4 is 5.43 Å². The van der Waals surface area contributed by atoms with Crippen molar-refractivity contribution in [3.05, 3.63) is 76.3 Å². The summed E-state index contributed by atoms with van der Waals surface area (Å²) in [7, 11) is 0. The quantitative estimate of drug-likeness (QED) is 0.518. The molecule has 0 spiro atoms. The zero-order chi connectivity index (χ0) is 17.1. The van der Waals surface area contributed by atoms with E-state index in [2.05, 4.69) is 26.5 Å². The van der Waals surface area contributed by atoms with Gasteiger partial charge in [-0.05, 0) is 42.6 Å². The van der Waals surface area contributed by atoms with Gasteiger partial charge in [0.15, 0.2) is 0 Å². The first-order chi connectivity index (χ1) is 11.6. The van der Waals surface area contributed by atoms with E-state index in [-0.39, 0.29) is 11.7 Å². The number of carbonyl (C=O) groups excluding carboxylic acids is 1. The van der Waals surface area contributed by atoms with Crippen LogP contribution in [0.5, 0.6) is 5.75 Å². The number of phenols is 1. The highest BCUT2D eigenvalue weighted by Crippen LogP contribution is 2.28. The van der Waals surface area contributed by atoms with E-state index in [0.29, 0.717) is 16.8 Å². The van der Waals surface area contributed by atoms with Crippen molar-refractivity contribution in [1.29, 1.82) is 0 Å². The van der Waals surface area contributed by atoms with Gasteiger partial charge in [-0.3, -0.25) is 4.79 Å². The van der Waals surface area contributed by atoms with Gasteiger partial charge >= 0.3 is 0 Å². The van der Waals surface area contributed by atoms with Gasteiger partial charge < -0.3 is 5.11 Å². The van der Waals surface area contributed by atoms with E-state index in [1.807, 2.05) is 30.3 Å². The van der Waals surface area contributed by atoms with Crippen LogP contribution in [-0.4, -0.2) is 16.7 Å². The monoisotopic (exact) mass is 382 g/mol. The standard InChI is InChI=1S/C19H15BrN2O2/c1-12(21-22-19(24)14-6-9-15(20)10-7-14)16-11-8-13-4-2-3-5-17(13)18(16)23/h2-11,23H,1H3,(H,22,24). The molecule has 4 nitrogen and oxygen atoms in total. The number of benzene rings is 3.